The number of carbonyl (C=O) groups excluding carboxylic acids is 3. The third-order valence-electron chi connectivity index (χ3n) is 2.95. The van der Waals surface area contributed by atoms with Crippen molar-refractivity contribution in [1.82, 2.24) is 10.2 Å². The molecule has 112 valence electrons. The van der Waals surface area contributed by atoms with E-state index in [0.717, 1.165) is 11.8 Å². The van der Waals surface area contributed by atoms with E-state index >= 15 is 0 Å². The Kier molecular flexibility index (Phi) is 6.00. The van der Waals surface area contributed by atoms with Crippen LogP contribution < -0.4 is 5.32 Å². The van der Waals surface area contributed by atoms with E-state index in [4.69, 9.17) is 5.11 Å². The normalized spacial score (nSPS) is 19.5. The minimum Gasteiger partial charge on any atom is -0.480 e. The minimum atomic E-state index is -1.04. The standard InChI is InChI=1S/C12H18N2O5S/c1-7(15)13-9(6-20-8(2)16)11(17)14-5-3-4-10(14)12(18)19/h9-10H,3-6H2,1-2H3,(H,13,15)(H,18,19)/t9-,10-/m0/s1. The highest BCUT2D eigenvalue weighted by Gasteiger charge is 2.37. The molecular weight excluding hydrogens is 284 g/mol. The van der Waals surface area contributed by atoms with Crippen LogP contribution in [0.3, 0.4) is 0 Å². The Balaban J connectivity index is 2.77. The molecule has 1 aliphatic heterocycles. The van der Waals surface area contributed by atoms with Gasteiger partial charge in [-0.2, -0.15) is 0 Å². The van der Waals surface area contributed by atoms with Crippen LogP contribution in [0.4, 0.5) is 0 Å². The number of aliphatic carboxylic acids is 1. The zero-order chi connectivity index (χ0) is 15.3. The van der Waals surface area contributed by atoms with Gasteiger partial charge in [-0.15, -0.1) is 0 Å². The molecule has 2 atom stereocenters. The Morgan fingerprint density at radius 1 is 1.35 bits per heavy atom. The number of likely N-dealkylation sites (tertiary alicyclic amines) is 1. The third-order valence-corrected chi connectivity index (χ3v) is 3.86. The molecule has 7 nitrogen and oxygen atoms in total. The molecule has 1 saturated heterocycles. The maximum Gasteiger partial charge on any atom is 0.326 e. The van der Waals surface area contributed by atoms with Gasteiger partial charge in [0.2, 0.25) is 11.8 Å². The first kappa shape index (κ1) is 16.5. The fraction of sp³-hybridized carbons (Fsp3) is 0.667. The molecule has 0 saturated carbocycles. The van der Waals surface area contributed by atoms with E-state index in [0.29, 0.717) is 19.4 Å². The van der Waals surface area contributed by atoms with Crippen molar-refractivity contribution < 1.29 is 24.3 Å². The molecule has 0 radical (unpaired) electrons. The molecule has 1 aliphatic rings. The quantitative estimate of drug-likeness (QED) is 0.732. The van der Waals surface area contributed by atoms with E-state index in [1.54, 1.807) is 0 Å². The molecule has 0 unspecified atom stereocenters. The second kappa shape index (κ2) is 7.28. The van der Waals surface area contributed by atoms with Crippen molar-refractivity contribution >= 4 is 34.7 Å². The minimum absolute atomic E-state index is 0.108. The molecule has 0 bridgehead atoms. The molecule has 0 aromatic carbocycles. The maximum absolute atomic E-state index is 12.3. The fourth-order valence-corrected chi connectivity index (χ4v) is 2.74. The Bertz CT molecular complexity index is 426. The molecule has 20 heavy (non-hydrogen) atoms. The lowest BCUT2D eigenvalue weighted by atomic mass is 10.2. The van der Waals surface area contributed by atoms with E-state index in [1.165, 1.54) is 18.7 Å². The van der Waals surface area contributed by atoms with Crippen LogP contribution in [0, 0.1) is 0 Å². The maximum atomic E-state index is 12.3. The first-order chi connectivity index (χ1) is 9.32. The van der Waals surface area contributed by atoms with Gasteiger partial charge >= 0.3 is 5.97 Å². The summed E-state index contributed by atoms with van der Waals surface area (Å²) < 4.78 is 0. The number of hydrogen-bond acceptors (Lipinski definition) is 5. The summed E-state index contributed by atoms with van der Waals surface area (Å²) in [5.74, 6) is -1.77. The van der Waals surface area contributed by atoms with Crippen LogP contribution in [0.25, 0.3) is 0 Å². The number of carbonyl (C=O) groups is 4. The average Bonchev–Trinajstić information content (AvgIpc) is 2.82. The number of carboxylic acid groups (broad SMARTS) is 1. The summed E-state index contributed by atoms with van der Waals surface area (Å²) in [6.07, 6.45) is 1.03. The molecule has 0 aliphatic carbocycles. The predicted octanol–water partition coefficient (Wildman–Crippen LogP) is -0.154. The van der Waals surface area contributed by atoms with Crippen molar-refractivity contribution in [2.24, 2.45) is 0 Å². The van der Waals surface area contributed by atoms with Gasteiger partial charge in [0.1, 0.15) is 12.1 Å². The second-order valence-electron chi connectivity index (χ2n) is 4.58. The number of thioether (sulfide) groups is 1. The smallest absolute Gasteiger partial charge is 0.326 e. The Labute approximate surface area is 121 Å². The Morgan fingerprint density at radius 2 is 2.00 bits per heavy atom. The molecule has 1 fully saturated rings. The molecule has 1 rings (SSSR count). The third kappa shape index (κ3) is 4.52. The van der Waals surface area contributed by atoms with Crippen molar-refractivity contribution in [3.05, 3.63) is 0 Å². The highest BCUT2D eigenvalue weighted by molar-refractivity contribution is 8.13. The molecule has 8 heteroatoms. The van der Waals surface area contributed by atoms with Crippen molar-refractivity contribution in [3.63, 3.8) is 0 Å². The number of carboxylic acids is 1. The second-order valence-corrected chi connectivity index (χ2v) is 5.78. The lowest BCUT2D eigenvalue weighted by Crippen LogP contribution is -2.52. The van der Waals surface area contributed by atoms with Crippen molar-refractivity contribution in [3.8, 4) is 0 Å². The number of nitrogens with one attached hydrogen (secondary N) is 1. The van der Waals surface area contributed by atoms with Gasteiger partial charge in [-0.05, 0) is 12.8 Å². The van der Waals surface area contributed by atoms with Gasteiger partial charge in [0.25, 0.3) is 0 Å². The lowest BCUT2D eigenvalue weighted by Gasteiger charge is -2.26. The van der Waals surface area contributed by atoms with E-state index in [9.17, 15) is 19.2 Å². The zero-order valence-corrected chi connectivity index (χ0v) is 12.2. The van der Waals surface area contributed by atoms with E-state index in [-0.39, 0.29) is 10.9 Å². The van der Waals surface area contributed by atoms with Gasteiger partial charge in [-0.25, -0.2) is 4.79 Å². The van der Waals surface area contributed by atoms with Gasteiger partial charge in [0, 0.05) is 26.1 Å². The molecule has 2 N–H and O–H groups in total. The molecule has 2 amide bonds. The summed E-state index contributed by atoms with van der Waals surface area (Å²) in [6.45, 7) is 3.00. The van der Waals surface area contributed by atoms with Crippen LogP contribution in [0.5, 0.6) is 0 Å². The summed E-state index contributed by atoms with van der Waals surface area (Å²) in [4.78, 5) is 46.8. The van der Waals surface area contributed by atoms with Crippen LogP contribution >= 0.6 is 11.8 Å². The highest BCUT2D eigenvalue weighted by Crippen LogP contribution is 2.19. The number of hydrogen-bond donors (Lipinski definition) is 2. The van der Waals surface area contributed by atoms with Crippen LogP contribution in [0.15, 0.2) is 0 Å². The van der Waals surface area contributed by atoms with E-state index in [1.807, 2.05) is 0 Å². The van der Waals surface area contributed by atoms with E-state index in [2.05, 4.69) is 5.32 Å². The topological polar surface area (TPSA) is 104 Å². The van der Waals surface area contributed by atoms with Gasteiger partial charge in [-0.3, -0.25) is 14.4 Å². The highest BCUT2D eigenvalue weighted by atomic mass is 32.2. The number of nitrogens with zero attached hydrogens (tertiary/aromatic N) is 1. The average molecular weight is 302 g/mol. The summed E-state index contributed by atoms with van der Waals surface area (Å²) in [5, 5.41) is 11.4. The molecule has 0 spiro atoms. The summed E-state index contributed by atoms with van der Waals surface area (Å²) in [6, 6.07) is -1.72. The summed E-state index contributed by atoms with van der Waals surface area (Å²) in [7, 11) is 0. The van der Waals surface area contributed by atoms with Gasteiger partial charge in [0.05, 0.1) is 0 Å². The molecule has 1 heterocycles. The van der Waals surface area contributed by atoms with Gasteiger partial charge < -0.3 is 15.3 Å². The van der Waals surface area contributed by atoms with Gasteiger partial charge in [0.15, 0.2) is 5.12 Å². The van der Waals surface area contributed by atoms with Crippen molar-refractivity contribution in [2.75, 3.05) is 12.3 Å². The molecular formula is C12H18N2O5S. The fourth-order valence-electron chi connectivity index (χ4n) is 2.11. The first-order valence-electron chi connectivity index (χ1n) is 6.26. The van der Waals surface area contributed by atoms with Crippen molar-refractivity contribution in [2.45, 2.75) is 38.8 Å². The van der Waals surface area contributed by atoms with Crippen LogP contribution in [0.1, 0.15) is 26.7 Å². The largest absolute Gasteiger partial charge is 0.480 e. The molecule has 0 aromatic rings. The van der Waals surface area contributed by atoms with Crippen LogP contribution in [-0.4, -0.2) is 57.3 Å². The van der Waals surface area contributed by atoms with Crippen LogP contribution in [-0.2, 0) is 19.2 Å². The predicted molar refractivity (Wildman–Crippen MR) is 73.1 cm³/mol. The number of rotatable bonds is 5. The SMILES string of the molecule is CC(=O)N[C@@H](CSC(C)=O)C(=O)N1CCC[C@H]1C(=O)O. The zero-order valence-electron chi connectivity index (χ0n) is 11.4. The van der Waals surface area contributed by atoms with Crippen LogP contribution in [0.2, 0.25) is 0 Å². The van der Waals surface area contributed by atoms with Crippen molar-refractivity contribution in [1.29, 1.82) is 0 Å². The summed E-state index contributed by atoms with van der Waals surface area (Å²) in [5.41, 5.74) is 0. The first-order valence-corrected chi connectivity index (χ1v) is 7.25. The number of amides is 2. The van der Waals surface area contributed by atoms with Gasteiger partial charge in [-0.1, -0.05) is 11.8 Å². The lowest BCUT2D eigenvalue weighted by molar-refractivity contribution is -0.149. The monoisotopic (exact) mass is 302 g/mol. The summed E-state index contributed by atoms with van der Waals surface area (Å²) >= 11 is 0.930. The molecule has 0 aromatic heterocycles. The van der Waals surface area contributed by atoms with E-state index < -0.39 is 29.9 Å². The Hall–Kier alpha value is -1.57. The Morgan fingerprint density at radius 3 is 2.50 bits per heavy atom.